The van der Waals surface area contributed by atoms with Gasteiger partial charge in [-0.1, -0.05) is 6.07 Å². The first kappa shape index (κ1) is 13.4. The van der Waals surface area contributed by atoms with Crippen LogP contribution in [-0.4, -0.2) is 21.6 Å². The molecule has 2 aromatic carbocycles. The van der Waals surface area contributed by atoms with Crippen LogP contribution in [0.1, 0.15) is 17.0 Å². The Hall–Kier alpha value is -3.02. The van der Waals surface area contributed by atoms with Gasteiger partial charge in [0.15, 0.2) is 11.5 Å². The first-order valence-corrected chi connectivity index (χ1v) is 7.90. The number of hydrogen-bond acceptors (Lipinski definition) is 5. The molecule has 0 N–H and O–H groups in total. The van der Waals surface area contributed by atoms with Crippen molar-refractivity contribution >= 4 is 0 Å². The van der Waals surface area contributed by atoms with Crippen molar-refractivity contribution in [1.29, 1.82) is 0 Å². The summed E-state index contributed by atoms with van der Waals surface area (Å²) in [6.45, 7) is 0.781. The molecule has 120 valence electrons. The second-order valence-electron chi connectivity index (χ2n) is 5.88. The number of aromatic nitrogens is 3. The molecular weight excluding hydrogens is 306 g/mol. The number of nitrogens with zero attached hydrogens (tertiary/aromatic N) is 3. The molecule has 3 heterocycles. The zero-order valence-corrected chi connectivity index (χ0v) is 12.9. The van der Waals surface area contributed by atoms with Crippen molar-refractivity contribution in [1.82, 2.24) is 14.8 Å². The lowest BCUT2D eigenvalue weighted by Crippen LogP contribution is -2.11. The summed E-state index contributed by atoms with van der Waals surface area (Å²) in [5.74, 6) is 3.44. The number of fused-ring (bicyclic) bond motifs is 4. The zero-order valence-electron chi connectivity index (χ0n) is 12.9. The van der Waals surface area contributed by atoms with E-state index in [0.717, 1.165) is 47.2 Å². The van der Waals surface area contributed by atoms with Crippen LogP contribution in [0.15, 0.2) is 42.7 Å². The summed E-state index contributed by atoms with van der Waals surface area (Å²) in [6.07, 6.45) is 3.62. The summed E-state index contributed by atoms with van der Waals surface area (Å²) in [7, 11) is 0. The highest BCUT2D eigenvalue weighted by molar-refractivity contribution is 5.48. The van der Waals surface area contributed by atoms with Crippen molar-refractivity contribution in [2.45, 2.75) is 19.4 Å². The normalized spacial score (nSPS) is 14.2. The molecule has 0 amide bonds. The highest BCUT2D eigenvalue weighted by atomic mass is 16.7. The Balaban J connectivity index is 1.35. The lowest BCUT2D eigenvalue weighted by Gasteiger charge is -2.18. The van der Waals surface area contributed by atoms with Crippen molar-refractivity contribution in [3.8, 4) is 22.9 Å². The molecule has 0 fully saturated rings. The Morgan fingerprint density at radius 3 is 3.00 bits per heavy atom. The van der Waals surface area contributed by atoms with E-state index in [1.54, 1.807) is 6.33 Å². The molecule has 6 nitrogen and oxygen atoms in total. The van der Waals surface area contributed by atoms with Gasteiger partial charge in [0.25, 0.3) is 0 Å². The maximum absolute atomic E-state index is 5.95. The van der Waals surface area contributed by atoms with Crippen LogP contribution in [0.4, 0.5) is 0 Å². The van der Waals surface area contributed by atoms with Gasteiger partial charge in [0.2, 0.25) is 6.79 Å². The maximum atomic E-state index is 5.95. The van der Waals surface area contributed by atoms with Gasteiger partial charge in [-0.15, -0.1) is 10.2 Å². The Kier molecular flexibility index (Phi) is 2.94. The van der Waals surface area contributed by atoms with Gasteiger partial charge in [-0.3, -0.25) is 4.57 Å². The van der Waals surface area contributed by atoms with E-state index in [1.807, 2.05) is 28.8 Å². The third kappa shape index (κ3) is 2.19. The van der Waals surface area contributed by atoms with E-state index >= 15 is 0 Å². The van der Waals surface area contributed by atoms with Crippen molar-refractivity contribution < 1.29 is 14.2 Å². The van der Waals surface area contributed by atoms with Gasteiger partial charge in [-0.2, -0.15) is 0 Å². The first-order chi connectivity index (χ1) is 11.9. The topological polar surface area (TPSA) is 58.4 Å². The van der Waals surface area contributed by atoms with Crippen molar-refractivity contribution in [2.24, 2.45) is 0 Å². The van der Waals surface area contributed by atoms with Crippen LogP contribution in [0.2, 0.25) is 0 Å². The van der Waals surface area contributed by atoms with Crippen LogP contribution in [-0.2, 0) is 19.4 Å². The van der Waals surface area contributed by atoms with E-state index in [9.17, 15) is 0 Å². The highest BCUT2D eigenvalue weighted by Crippen LogP contribution is 2.33. The minimum absolute atomic E-state index is 0.287. The summed E-state index contributed by atoms with van der Waals surface area (Å²) in [6, 6.07) is 12.0. The Morgan fingerprint density at radius 2 is 2.00 bits per heavy atom. The molecular formula is C18H15N3O3. The van der Waals surface area contributed by atoms with Crippen LogP contribution in [0.5, 0.6) is 17.2 Å². The van der Waals surface area contributed by atoms with E-state index in [-0.39, 0.29) is 6.79 Å². The molecule has 0 saturated carbocycles. The third-order valence-corrected chi connectivity index (χ3v) is 4.39. The lowest BCUT2D eigenvalue weighted by atomic mass is 10.0. The summed E-state index contributed by atoms with van der Waals surface area (Å²) in [4.78, 5) is 0. The molecule has 0 bridgehead atoms. The average molecular weight is 321 g/mol. The minimum Gasteiger partial charge on any atom is -0.489 e. The molecule has 1 aromatic heterocycles. The molecule has 6 heteroatoms. The molecule has 0 spiro atoms. The van der Waals surface area contributed by atoms with E-state index in [4.69, 9.17) is 14.2 Å². The fraction of sp³-hybridized carbons (Fsp3) is 0.222. The Labute approximate surface area is 138 Å². The largest absolute Gasteiger partial charge is 0.489 e. The molecule has 0 unspecified atom stereocenters. The summed E-state index contributed by atoms with van der Waals surface area (Å²) in [5.41, 5.74) is 3.44. The summed E-state index contributed by atoms with van der Waals surface area (Å²) >= 11 is 0. The molecule has 0 saturated heterocycles. The van der Waals surface area contributed by atoms with E-state index < -0.39 is 0 Å². The van der Waals surface area contributed by atoms with Gasteiger partial charge in [-0.05, 0) is 47.9 Å². The second kappa shape index (κ2) is 5.26. The molecule has 5 rings (SSSR count). The second-order valence-corrected chi connectivity index (χ2v) is 5.88. The standard InChI is InChI=1S/C18H15N3O3/c1-5-16-17(24-11-23-16)7-12(1)9-22-14-3-4-15-13(8-14)2-6-18-20-19-10-21(15)18/h1,3-5,7-8,10H,2,6,9,11H2. The van der Waals surface area contributed by atoms with E-state index in [0.29, 0.717) is 6.61 Å². The maximum Gasteiger partial charge on any atom is 0.231 e. The molecule has 2 aliphatic heterocycles. The van der Waals surface area contributed by atoms with Gasteiger partial charge in [0.1, 0.15) is 24.5 Å². The third-order valence-electron chi connectivity index (χ3n) is 4.39. The van der Waals surface area contributed by atoms with Crippen LogP contribution in [0.3, 0.4) is 0 Å². The predicted octanol–water partition coefficient (Wildman–Crippen LogP) is 2.67. The SMILES string of the molecule is c1cc2c(cc1COc1ccc3c(c1)CCc1nncn1-3)OCO2. The molecule has 0 aliphatic carbocycles. The zero-order chi connectivity index (χ0) is 15.9. The molecule has 0 atom stereocenters. The fourth-order valence-electron chi connectivity index (χ4n) is 3.16. The predicted molar refractivity (Wildman–Crippen MR) is 85.7 cm³/mol. The van der Waals surface area contributed by atoms with Gasteiger partial charge < -0.3 is 14.2 Å². The summed E-state index contributed by atoms with van der Waals surface area (Å²) < 4.78 is 18.7. The van der Waals surface area contributed by atoms with Crippen molar-refractivity contribution in [3.05, 3.63) is 59.7 Å². The molecule has 2 aliphatic rings. The number of aryl methyl sites for hydroxylation is 2. The molecule has 0 radical (unpaired) electrons. The highest BCUT2D eigenvalue weighted by Gasteiger charge is 2.17. The first-order valence-electron chi connectivity index (χ1n) is 7.90. The van der Waals surface area contributed by atoms with Crippen LogP contribution >= 0.6 is 0 Å². The van der Waals surface area contributed by atoms with Crippen molar-refractivity contribution in [2.75, 3.05) is 6.79 Å². The number of rotatable bonds is 3. The quantitative estimate of drug-likeness (QED) is 0.742. The monoisotopic (exact) mass is 321 g/mol. The van der Waals surface area contributed by atoms with Crippen molar-refractivity contribution in [3.63, 3.8) is 0 Å². The van der Waals surface area contributed by atoms with Crippen LogP contribution in [0.25, 0.3) is 5.69 Å². The Morgan fingerprint density at radius 1 is 1.04 bits per heavy atom. The molecule has 24 heavy (non-hydrogen) atoms. The van der Waals surface area contributed by atoms with Crippen LogP contribution < -0.4 is 14.2 Å². The molecule has 3 aromatic rings. The van der Waals surface area contributed by atoms with Gasteiger partial charge in [0, 0.05) is 6.42 Å². The fourth-order valence-corrected chi connectivity index (χ4v) is 3.16. The average Bonchev–Trinajstić information content (AvgIpc) is 3.28. The lowest BCUT2D eigenvalue weighted by molar-refractivity contribution is 0.174. The summed E-state index contributed by atoms with van der Waals surface area (Å²) in [5, 5.41) is 8.13. The van der Waals surface area contributed by atoms with Crippen LogP contribution in [0, 0.1) is 0 Å². The van der Waals surface area contributed by atoms with E-state index in [2.05, 4.69) is 22.3 Å². The van der Waals surface area contributed by atoms with Gasteiger partial charge >= 0.3 is 0 Å². The number of benzene rings is 2. The number of hydrogen-bond donors (Lipinski definition) is 0. The van der Waals surface area contributed by atoms with Gasteiger partial charge in [-0.25, -0.2) is 0 Å². The van der Waals surface area contributed by atoms with E-state index in [1.165, 1.54) is 5.56 Å². The number of ether oxygens (including phenoxy) is 3. The van der Waals surface area contributed by atoms with Gasteiger partial charge in [0.05, 0.1) is 5.69 Å². The Bertz CT molecular complexity index is 920. The smallest absolute Gasteiger partial charge is 0.231 e. The minimum atomic E-state index is 0.287.